The fourth-order valence-corrected chi connectivity index (χ4v) is 5.61. The maximum absolute atomic E-state index is 11.5. The first kappa shape index (κ1) is 37.6. The number of aryl methyl sites for hydroxylation is 4. The van der Waals surface area contributed by atoms with E-state index in [0.29, 0.717) is 40.6 Å². The minimum Gasteiger partial charge on any atom is -1.00 e. The van der Waals surface area contributed by atoms with Crippen LogP contribution in [0.3, 0.4) is 0 Å². The molecule has 8 nitrogen and oxygen atoms in total. The van der Waals surface area contributed by atoms with Crippen LogP contribution in [0.5, 0.6) is 0 Å². The predicted molar refractivity (Wildman–Crippen MR) is 171 cm³/mol. The summed E-state index contributed by atoms with van der Waals surface area (Å²) in [7, 11) is 0. The SMILES string of the molecule is C=CC1=C(C)c2cc3[n-]c(cc4[n-]c(cc5nc(cc1n2)C(C)=C5C=C)c(C)c4CCC(=O)O)c(CCC(=O)O)c3C.[Cl-].[Cl-].[Sn+4]. The van der Waals surface area contributed by atoms with Crippen LogP contribution in [0.1, 0.15) is 71.7 Å². The third kappa shape index (κ3) is 7.29. The molecule has 0 spiro atoms. The van der Waals surface area contributed by atoms with Crippen LogP contribution in [-0.4, -0.2) is 56.0 Å². The molecular weight excluding hydrogens is 718 g/mol. The maximum Gasteiger partial charge on any atom is 4.00 e. The smallest absolute Gasteiger partial charge is 1.00 e. The molecule has 5 heterocycles. The third-order valence-electron chi connectivity index (χ3n) is 8.06. The van der Waals surface area contributed by atoms with Gasteiger partial charge in [0.15, 0.2) is 0 Å². The Morgan fingerprint density at radius 2 is 1.04 bits per heavy atom. The monoisotopic (exact) mass is 750 g/mol. The number of hydrogen-bond donors (Lipinski definition) is 2. The quantitative estimate of drug-likeness (QED) is 0.311. The van der Waals surface area contributed by atoms with Crippen molar-refractivity contribution in [3.63, 3.8) is 0 Å². The Balaban J connectivity index is 0.00000235. The topological polar surface area (TPSA) is 129 Å². The minimum absolute atomic E-state index is 0. The van der Waals surface area contributed by atoms with Crippen molar-refractivity contribution in [1.29, 1.82) is 0 Å². The van der Waals surface area contributed by atoms with Gasteiger partial charge in [0.2, 0.25) is 0 Å². The summed E-state index contributed by atoms with van der Waals surface area (Å²) in [6.07, 6.45) is 4.06. The summed E-state index contributed by atoms with van der Waals surface area (Å²) in [4.78, 5) is 42.7. The number of rotatable bonds is 8. The fourth-order valence-electron chi connectivity index (χ4n) is 5.61. The largest absolute Gasteiger partial charge is 4.00 e. The Kier molecular flexibility index (Phi) is 12.6. The maximum atomic E-state index is 11.5. The van der Waals surface area contributed by atoms with E-state index in [2.05, 4.69) is 13.2 Å². The van der Waals surface area contributed by atoms with Gasteiger partial charge in [0.1, 0.15) is 0 Å². The number of fused-ring (bicyclic) bond motifs is 8. The average molecular weight is 750 g/mol. The van der Waals surface area contributed by atoms with Gasteiger partial charge in [0, 0.05) is 24.0 Å². The number of aromatic nitrogens is 4. The molecule has 0 atom stereocenters. The van der Waals surface area contributed by atoms with Gasteiger partial charge < -0.3 is 45.0 Å². The summed E-state index contributed by atoms with van der Waals surface area (Å²) < 4.78 is 0. The molecule has 45 heavy (non-hydrogen) atoms. The van der Waals surface area contributed by atoms with Crippen molar-refractivity contribution in [2.24, 2.45) is 0 Å². The summed E-state index contributed by atoms with van der Waals surface area (Å²) in [5, 5.41) is 18.9. The molecule has 0 aliphatic carbocycles. The van der Waals surface area contributed by atoms with Crippen molar-refractivity contribution in [1.82, 2.24) is 19.9 Å². The molecule has 8 bridgehead atoms. The van der Waals surface area contributed by atoms with Crippen LogP contribution in [0.15, 0.2) is 49.6 Å². The first-order valence-electron chi connectivity index (χ1n) is 13.8. The van der Waals surface area contributed by atoms with Crippen molar-refractivity contribution in [3.8, 4) is 0 Å². The Bertz CT molecular complexity index is 1940. The zero-order chi connectivity index (χ0) is 30.3. The summed E-state index contributed by atoms with van der Waals surface area (Å²) >= 11 is 0. The van der Waals surface area contributed by atoms with Gasteiger partial charge in [-0.05, 0) is 57.7 Å². The van der Waals surface area contributed by atoms with Crippen LogP contribution in [-0.2, 0) is 22.4 Å². The van der Waals surface area contributed by atoms with E-state index in [0.717, 1.165) is 61.6 Å². The molecule has 0 fully saturated rings. The number of halogens is 2. The molecule has 0 saturated carbocycles. The van der Waals surface area contributed by atoms with E-state index in [4.69, 9.17) is 19.9 Å². The standard InChI is InChI=1S/C34H34N4O4.2ClH.Sn/c1-7-21-17(3)25-13-26-19(5)23(9-11-33(39)40)31(37-26)16-32-24(10-12-34(41)42)20(6)28(38-32)15-30-22(8-2)18(4)27(36-30)14-29(21)35-25;;;/h7-8,13-16H,1-2,9-12H2,3-6H3,(H4,35,36,37,38,39,40,41,42);2*1H;/q;;;+4/p-4. The van der Waals surface area contributed by atoms with E-state index in [1.807, 2.05) is 52.0 Å². The van der Waals surface area contributed by atoms with E-state index in [1.165, 1.54) is 0 Å². The number of carboxylic acids is 2. The molecule has 0 radical (unpaired) electrons. The molecule has 2 aliphatic heterocycles. The molecule has 0 amide bonds. The number of carbonyl (C=O) groups is 2. The van der Waals surface area contributed by atoms with Crippen molar-refractivity contribution in [2.45, 2.75) is 53.4 Å². The van der Waals surface area contributed by atoms with E-state index in [1.54, 1.807) is 12.2 Å². The van der Waals surface area contributed by atoms with Crippen molar-refractivity contribution >= 4 is 80.2 Å². The van der Waals surface area contributed by atoms with E-state index >= 15 is 0 Å². The van der Waals surface area contributed by atoms with Gasteiger partial charge in [0.25, 0.3) is 0 Å². The molecule has 5 rings (SSSR count). The van der Waals surface area contributed by atoms with Gasteiger partial charge >= 0.3 is 35.8 Å². The molecule has 0 unspecified atom stereocenters. The Morgan fingerprint density at radius 1 is 0.667 bits per heavy atom. The fraction of sp³-hybridized carbons (Fsp3) is 0.235. The first-order valence-corrected chi connectivity index (χ1v) is 13.8. The van der Waals surface area contributed by atoms with Gasteiger partial charge in [-0.2, -0.15) is 0 Å². The molecule has 2 N–H and O–H groups in total. The van der Waals surface area contributed by atoms with E-state index in [-0.39, 0.29) is 61.6 Å². The Morgan fingerprint density at radius 3 is 1.44 bits per heavy atom. The van der Waals surface area contributed by atoms with Gasteiger partial charge in [-0.3, -0.25) is 9.59 Å². The first-order chi connectivity index (χ1) is 20.0. The third-order valence-corrected chi connectivity index (χ3v) is 8.06. The van der Waals surface area contributed by atoms with Crippen LogP contribution in [0.25, 0.3) is 44.4 Å². The molecule has 2 aliphatic rings. The van der Waals surface area contributed by atoms with Gasteiger partial charge in [-0.1, -0.05) is 65.8 Å². The number of nitrogens with zero attached hydrogens (tertiary/aromatic N) is 4. The molecule has 0 saturated heterocycles. The minimum atomic E-state index is -0.898. The second kappa shape index (κ2) is 15.1. The van der Waals surface area contributed by atoms with E-state index in [9.17, 15) is 19.8 Å². The van der Waals surface area contributed by atoms with Crippen LogP contribution in [0.4, 0.5) is 0 Å². The molecule has 11 heteroatoms. The molecule has 0 aromatic carbocycles. The molecule has 3 aromatic heterocycles. The van der Waals surface area contributed by atoms with Crippen molar-refractivity contribution in [2.75, 3.05) is 0 Å². The summed E-state index contributed by atoms with van der Waals surface area (Å²) in [5.41, 5.74) is 12.6. The predicted octanol–water partition coefficient (Wildman–Crippen LogP) is 0.0848. The van der Waals surface area contributed by atoms with Crippen molar-refractivity contribution < 1.29 is 44.6 Å². The van der Waals surface area contributed by atoms with Gasteiger partial charge in [-0.25, -0.2) is 9.97 Å². The summed E-state index contributed by atoms with van der Waals surface area (Å²) in [6.45, 7) is 15.9. The summed E-state index contributed by atoms with van der Waals surface area (Å²) in [6, 6.07) is 7.62. The van der Waals surface area contributed by atoms with Gasteiger partial charge in [0.05, 0.1) is 22.8 Å². The normalized spacial score (nSPS) is 12.2. The summed E-state index contributed by atoms with van der Waals surface area (Å²) in [5.74, 6) is -1.80. The Hall–Kier alpha value is -3.60. The molecule has 3 aromatic rings. The zero-order valence-electron chi connectivity index (χ0n) is 25.5. The number of allylic oxidation sites excluding steroid dienone is 6. The van der Waals surface area contributed by atoms with Crippen LogP contribution in [0.2, 0.25) is 0 Å². The van der Waals surface area contributed by atoms with Crippen molar-refractivity contribution in [3.05, 3.63) is 94.6 Å². The second-order valence-corrected chi connectivity index (χ2v) is 10.6. The Labute approximate surface area is 291 Å². The molecular formula is C34H32Cl2N4O4Sn. The number of aliphatic carboxylic acids is 2. The molecule has 230 valence electrons. The van der Waals surface area contributed by atoms with Crippen LogP contribution >= 0.6 is 0 Å². The van der Waals surface area contributed by atoms with Gasteiger partial charge in [-0.15, -0.1) is 22.1 Å². The zero-order valence-corrected chi connectivity index (χ0v) is 29.8. The number of carboxylic acid groups (broad SMARTS) is 2. The second-order valence-electron chi connectivity index (χ2n) is 10.6. The average Bonchev–Trinajstić information content (AvgIpc) is 3.59. The van der Waals surface area contributed by atoms with E-state index < -0.39 is 11.9 Å². The van der Waals surface area contributed by atoms with Crippen LogP contribution in [0, 0.1) is 13.8 Å². The number of hydrogen-bond acceptors (Lipinski definition) is 4. The van der Waals surface area contributed by atoms with Crippen LogP contribution < -0.4 is 34.8 Å².